The summed E-state index contributed by atoms with van der Waals surface area (Å²) in [5.74, 6) is 2.38. The molecule has 1 unspecified atom stereocenters. The van der Waals surface area contributed by atoms with Crippen molar-refractivity contribution in [3.8, 4) is 11.5 Å². The first-order chi connectivity index (χ1) is 8.20. The van der Waals surface area contributed by atoms with Crippen LogP contribution < -0.4 is 14.8 Å². The Labute approximate surface area is 103 Å². The fraction of sp³-hybridized carbons (Fsp3) is 0.571. The molecule has 1 aromatic carbocycles. The van der Waals surface area contributed by atoms with E-state index in [1.165, 1.54) is 5.56 Å². The van der Waals surface area contributed by atoms with E-state index in [1.54, 1.807) is 0 Å². The molecule has 1 aromatic rings. The van der Waals surface area contributed by atoms with Gasteiger partial charge in [-0.1, -0.05) is 26.8 Å². The van der Waals surface area contributed by atoms with E-state index in [2.05, 4.69) is 38.2 Å². The predicted molar refractivity (Wildman–Crippen MR) is 68.3 cm³/mol. The fourth-order valence-electron chi connectivity index (χ4n) is 2.15. The number of ether oxygens (including phenoxy) is 2. The van der Waals surface area contributed by atoms with Crippen molar-refractivity contribution in [2.75, 3.05) is 6.79 Å². The molecule has 0 saturated carbocycles. The average molecular weight is 235 g/mol. The topological polar surface area (TPSA) is 30.5 Å². The molecule has 3 nitrogen and oxygen atoms in total. The Morgan fingerprint density at radius 2 is 2.00 bits per heavy atom. The first-order valence-corrected chi connectivity index (χ1v) is 6.32. The molecule has 0 aromatic heterocycles. The van der Waals surface area contributed by atoms with Gasteiger partial charge in [-0.3, -0.25) is 0 Å². The summed E-state index contributed by atoms with van der Waals surface area (Å²) >= 11 is 0. The van der Waals surface area contributed by atoms with Gasteiger partial charge in [-0.25, -0.2) is 0 Å². The molecule has 0 fully saturated rings. The Kier molecular flexibility index (Phi) is 3.89. The second kappa shape index (κ2) is 5.41. The van der Waals surface area contributed by atoms with Crippen molar-refractivity contribution in [3.05, 3.63) is 23.8 Å². The normalized spacial score (nSPS) is 15.3. The van der Waals surface area contributed by atoms with E-state index in [0.29, 0.717) is 18.8 Å². The lowest BCUT2D eigenvalue weighted by atomic mass is 10.0. The van der Waals surface area contributed by atoms with Gasteiger partial charge in [0.2, 0.25) is 6.79 Å². The first kappa shape index (κ1) is 12.2. The Balaban J connectivity index is 1.95. The molecule has 0 radical (unpaired) electrons. The molecule has 1 aliphatic rings. The van der Waals surface area contributed by atoms with Crippen molar-refractivity contribution < 1.29 is 9.47 Å². The van der Waals surface area contributed by atoms with Gasteiger partial charge in [0.1, 0.15) is 0 Å². The molecule has 1 atom stereocenters. The van der Waals surface area contributed by atoms with Crippen LogP contribution >= 0.6 is 0 Å². The summed E-state index contributed by atoms with van der Waals surface area (Å²) in [5.41, 5.74) is 1.24. The summed E-state index contributed by atoms with van der Waals surface area (Å²) in [6, 6.07) is 6.70. The van der Waals surface area contributed by atoms with E-state index in [1.807, 2.05) is 6.07 Å². The van der Waals surface area contributed by atoms with Crippen LogP contribution in [0.25, 0.3) is 0 Å². The zero-order valence-electron chi connectivity index (χ0n) is 10.8. The molecule has 0 saturated heterocycles. The van der Waals surface area contributed by atoms with Crippen LogP contribution in [0, 0.1) is 5.92 Å². The number of fused-ring (bicyclic) bond motifs is 1. The highest BCUT2D eigenvalue weighted by molar-refractivity contribution is 5.44. The van der Waals surface area contributed by atoms with Crippen molar-refractivity contribution in [2.24, 2.45) is 5.92 Å². The zero-order valence-corrected chi connectivity index (χ0v) is 10.8. The molecule has 0 amide bonds. The van der Waals surface area contributed by atoms with Crippen molar-refractivity contribution in [3.63, 3.8) is 0 Å². The van der Waals surface area contributed by atoms with Crippen LogP contribution in [0.5, 0.6) is 11.5 Å². The maximum Gasteiger partial charge on any atom is 0.231 e. The number of hydrogen-bond donors (Lipinski definition) is 1. The smallest absolute Gasteiger partial charge is 0.231 e. The fourth-order valence-corrected chi connectivity index (χ4v) is 2.15. The molecule has 1 N–H and O–H groups in total. The lowest BCUT2D eigenvalue weighted by Crippen LogP contribution is -2.32. The van der Waals surface area contributed by atoms with Crippen LogP contribution in [0.15, 0.2) is 18.2 Å². The minimum atomic E-state index is 0.343. The van der Waals surface area contributed by atoms with Gasteiger partial charge in [0.05, 0.1) is 0 Å². The van der Waals surface area contributed by atoms with Crippen molar-refractivity contribution >= 4 is 0 Å². The largest absolute Gasteiger partial charge is 0.454 e. The molecule has 0 spiro atoms. The summed E-state index contributed by atoms with van der Waals surface area (Å²) in [5, 5.41) is 3.58. The van der Waals surface area contributed by atoms with Crippen molar-refractivity contribution in [2.45, 2.75) is 39.8 Å². The van der Waals surface area contributed by atoms with Crippen LogP contribution in [0.2, 0.25) is 0 Å². The third-order valence-corrected chi connectivity index (χ3v) is 3.25. The van der Waals surface area contributed by atoms with Gasteiger partial charge in [0, 0.05) is 12.6 Å². The van der Waals surface area contributed by atoms with Crippen LogP contribution in [0.1, 0.15) is 32.8 Å². The zero-order chi connectivity index (χ0) is 12.3. The molecule has 94 valence electrons. The summed E-state index contributed by atoms with van der Waals surface area (Å²) in [7, 11) is 0. The van der Waals surface area contributed by atoms with Gasteiger partial charge in [-0.2, -0.15) is 0 Å². The Bertz CT molecular complexity index is 376. The number of rotatable bonds is 5. The minimum Gasteiger partial charge on any atom is -0.454 e. The standard InChI is InChI=1S/C14H21NO2/c1-4-12(10(2)3)15-8-11-5-6-13-14(7-11)17-9-16-13/h5-7,10,12,15H,4,8-9H2,1-3H3. The van der Waals surface area contributed by atoms with Crippen LogP contribution in [-0.2, 0) is 6.54 Å². The summed E-state index contributed by atoms with van der Waals surface area (Å²) in [6.45, 7) is 7.95. The van der Waals surface area contributed by atoms with Gasteiger partial charge in [0.25, 0.3) is 0 Å². The second-order valence-corrected chi connectivity index (χ2v) is 4.83. The van der Waals surface area contributed by atoms with Gasteiger partial charge in [0.15, 0.2) is 11.5 Å². The monoisotopic (exact) mass is 235 g/mol. The first-order valence-electron chi connectivity index (χ1n) is 6.32. The highest BCUT2D eigenvalue weighted by Crippen LogP contribution is 2.32. The Morgan fingerprint density at radius 1 is 1.24 bits per heavy atom. The van der Waals surface area contributed by atoms with Gasteiger partial charge in [-0.05, 0) is 30.0 Å². The number of nitrogens with one attached hydrogen (secondary N) is 1. The van der Waals surface area contributed by atoms with E-state index in [4.69, 9.17) is 9.47 Å². The molecule has 2 rings (SSSR count). The molecule has 1 aliphatic heterocycles. The molecule has 0 bridgehead atoms. The average Bonchev–Trinajstić information content (AvgIpc) is 2.76. The van der Waals surface area contributed by atoms with E-state index < -0.39 is 0 Å². The van der Waals surface area contributed by atoms with E-state index in [9.17, 15) is 0 Å². The second-order valence-electron chi connectivity index (χ2n) is 4.83. The van der Waals surface area contributed by atoms with Gasteiger partial charge < -0.3 is 14.8 Å². The SMILES string of the molecule is CCC(NCc1ccc2c(c1)OCO2)C(C)C. The van der Waals surface area contributed by atoms with Crippen molar-refractivity contribution in [1.29, 1.82) is 0 Å². The maximum atomic E-state index is 5.37. The predicted octanol–water partition coefficient (Wildman–Crippen LogP) is 2.94. The number of benzene rings is 1. The maximum absolute atomic E-state index is 5.37. The third kappa shape index (κ3) is 2.91. The minimum absolute atomic E-state index is 0.343. The highest BCUT2D eigenvalue weighted by atomic mass is 16.7. The van der Waals surface area contributed by atoms with E-state index >= 15 is 0 Å². The van der Waals surface area contributed by atoms with E-state index in [0.717, 1.165) is 24.5 Å². The van der Waals surface area contributed by atoms with Crippen LogP contribution in [0.3, 0.4) is 0 Å². The van der Waals surface area contributed by atoms with Gasteiger partial charge in [-0.15, -0.1) is 0 Å². The van der Waals surface area contributed by atoms with Crippen LogP contribution in [-0.4, -0.2) is 12.8 Å². The summed E-state index contributed by atoms with van der Waals surface area (Å²) in [6.07, 6.45) is 1.15. The lowest BCUT2D eigenvalue weighted by molar-refractivity contribution is 0.174. The lowest BCUT2D eigenvalue weighted by Gasteiger charge is -2.20. The molecular weight excluding hydrogens is 214 g/mol. The molecule has 17 heavy (non-hydrogen) atoms. The van der Waals surface area contributed by atoms with Gasteiger partial charge >= 0.3 is 0 Å². The molecule has 0 aliphatic carbocycles. The van der Waals surface area contributed by atoms with Crippen LogP contribution in [0.4, 0.5) is 0 Å². The number of hydrogen-bond acceptors (Lipinski definition) is 3. The molecule has 3 heteroatoms. The van der Waals surface area contributed by atoms with Crippen molar-refractivity contribution in [1.82, 2.24) is 5.32 Å². The molecular formula is C14H21NO2. The Morgan fingerprint density at radius 3 is 2.71 bits per heavy atom. The third-order valence-electron chi connectivity index (χ3n) is 3.25. The van der Waals surface area contributed by atoms with E-state index in [-0.39, 0.29) is 0 Å². The Hall–Kier alpha value is -1.22. The quantitative estimate of drug-likeness (QED) is 0.851. The summed E-state index contributed by atoms with van der Waals surface area (Å²) in [4.78, 5) is 0. The molecule has 1 heterocycles. The highest BCUT2D eigenvalue weighted by Gasteiger charge is 2.14. The summed E-state index contributed by atoms with van der Waals surface area (Å²) < 4.78 is 10.7.